The van der Waals surface area contributed by atoms with Gasteiger partial charge >= 0.3 is 0 Å². The van der Waals surface area contributed by atoms with E-state index in [2.05, 4.69) is 25.7 Å². The highest BCUT2D eigenvalue weighted by Crippen LogP contribution is 2.16. The molecule has 0 radical (unpaired) electrons. The summed E-state index contributed by atoms with van der Waals surface area (Å²) in [7, 11) is 0. The Labute approximate surface area is 140 Å². The summed E-state index contributed by atoms with van der Waals surface area (Å²) in [5, 5.41) is 9.43. The van der Waals surface area contributed by atoms with E-state index in [1.165, 1.54) is 90.1 Å². The van der Waals surface area contributed by atoms with Gasteiger partial charge in [0.1, 0.15) is 0 Å². The van der Waals surface area contributed by atoms with Crippen LogP contribution in [0.25, 0.3) is 0 Å². The van der Waals surface area contributed by atoms with Crippen LogP contribution >= 0.6 is 0 Å². The molecule has 0 aromatic carbocycles. The van der Waals surface area contributed by atoms with Crippen molar-refractivity contribution in [3.8, 4) is 0 Å². The van der Waals surface area contributed by atoms with Gasteiger partial charge in [0, 0.05) is 12.6 Å². The predicted octanol–water partition coefficient (Wildman–Crippen LogP) is 5.78. The fourth-order valence-electron chi connectivity index (χ4n) is 3.25. The molecule has 0 heterocycles. The Kier molecular flexibility index (Phi) is 17.2. The molecule has 0 aliphatic carbocycles. The molecule has 0 aliphatic rings. The van der Waals surface area contributed by atoms with Gasteiger partial charge in [-0.25, -0.2) is 0 Å². The number of unbranched alkanes of at least 4 members (excludes halogenated alkanes) is 8. The van der Waals surface area contributed by atoms with Crippen molar-refractivity contribution in [2.75, 3.05) is 19.7 Å². The lowest BCUT2D eigenvalue weighted by molar-refractivity contribution is 0.141. The van der Waals surface area contributed by atoms with Crippen molar-refractivity contribution in [3.63, 3.8) is 0 Å². The third-order valence-electron chi connectivity index (χ3n) is 4.72. The Hall–Kier alpha value is -0.0800. The fraction of sp³-hybridized carbons (Fsp3) is 1.00. The molecule has 2 nitrogen and oxygen atoms in total. The summed E-state index contributed by atoms with van der Waals surface area (Å²) in [5.41, 5.74) is 0. The maximum Gasteiger partial charge on any atom is 0.0445 e. The smallest absolute Gasteiger partial charge is 0.0445 e. The molecule has 0 fully saturated rings. The normalized spacial score (nSPS) is 13.0. The highest BCUT2D eigenvalue weighted by Gasteiger charge is 2.17. The van der Waals surface area contributed by atoms with Crippen LogP contribution in [-0.2, 0) is 0 Å². The predicted molar refractivity (Wildman–Crippen MR) is 99.5 cm³/mol. The van der Waals surface area contributed by atoms with Crippen LogP contribution in [0.3, 0.4) is 0 Å². The van der Waals surface area contributed by atoms with Gasteiger partial charge in [-0.05, 0) is 38.8 Å². The van der Waals surface area contributed by atoms with Gasteiger partial charge in [-0.15, -0.1) is 0 Å². The molecule has 1 unspecified atom stereocenters. The highest BCUT2D eigenvalue weighted by atomic mass is 16.3. The molecule has 0 aromatic rings. The standard InChI is InChI=1S/C20H43NO/c1-4-7-10-13-17-21(18-14-11-8-5-2)20(16-19-22)15-12-9-6-3/h20,22H,4-19H2,1-3H3. The van der Waals surface area contributed by atoms with Crippen LogP contribution in [0.1, 0.15) is 104 Å². The average molecular weight is 314 g/mol. The molecule has 0 aliphatic heterocycles. The minimum atomic E-state index is 0.344. The number of hydrogen-bond donors (Lipinski definition) is 1. The van der Waals surface area contributed by atoms with Crippen LogP contribution in [0.5, 0.6) is 0 Å². The second kappa shape index (κ2) is 17.3. The van der Waals surface area contributed by atoms with Crippen molar-refractivity contribution < 1.29 is 5.11 Å². The van der Waals surface area contributed by atoms with Gasteiger partial charge in [-0.1, -0.05) is 78.6 Å². The van der Waals surface area contributed by atoms with Crippen LogP contribution < -0.4 is 0 Å². The van der Waals surface area contributed by atoms with Gasteiger partial charge in [-0.3, -0.25) is 0 Å². The van der Waals surface area contributed by atoms with E-state index >= 15 is 0 Å². The van der Waals surface area contributed by atoms with Crippen LogP contribution in [0, 0.1) is 0 Å². The van der Waals surface area contributed by atoms with Gasteiger partial charge in [0.25, 0.3) is 0 Å². The Morgan fingerprint density at radius 2 is 1.14 bits per heavy atom. The molecule has 1 atom stereocenters. The van der Waals surface area contributed by atoms with Gasteiger partial charge in [0.15, 0.2) is 0 Å². The first-order valence-electron chi connectivity index (χ1n) is 10.1. The van der Waals surface area contributed by atoms with E-state index in [1.807, 2.05) is 0 Å². The lowest BCUT2D eigenvalue weighted by Crippen LogP contribution is -2.37. The van der Waals surface area contributed by atoms with E-state index in [4.69, 9.17) is 0 Å². The second-order valence-electron chi connectivity index (χ2n) is 6.82. The summed E-state index contributed by atoms with van der Waals surface area (Å²) in [4.78, 5) is 2.71. The Balaban J connectivity index is 4.30. The summed E-state index contributed by atoms with van der Waals surface area (Å²) in [6.45, 7) is 9.65. The number of rotatable bonds is 17. The number of aliphatic hydroxyl groups is 1. The van der Waals surface area contributed by atoms with E-state index in [0.717, 1.165) is 6.42 Å². The lowest BCUT2D eigenvalue weighted by atomic mass is 10.0. The third kappa shape index (κ3) is 12.5. The van der Waals surface area contributed by atoms with Gasteiger partial charge < -0.3 is 10.0 Å². The van der Waals surface area contributed by atoms with Crippen molar-refractivity contribution in [2.24, 2.45) is 0 Å². The van der Waals surface area contributed by atoms with E-state index < -0.39 is 0 Å². The zero-order chi connectivity index (χ0) is 16.5. The summed E-state index contributed by atoms with van der Waals surface area (Å²) >= 11 is 0. The molecule has 22 heavy (non-hydrogen) atoms. The summed E-state index contributed by atoms with van der Waals surface area (Å²) in [6, 6.07) is 0.611. The van der Waals surface area contributed by atoms with Crippen molar-refractivity contribution >= 4 is 0 Å². The number of nitrogens with zero attached hydrogens (tertiary/aromatic N) is 1. The Morgan fingerprint density at radius 1 is 0.636 bits per heavy atom. The van der Waals surface area contributed by atoms with Crippen molar-refractivity contribution in [1.29, 1.82) is 0 Å². The summed E-state index contributed by atoms with van der Waals surface area (Å²) < 4.78 is 0. The zero-order valence-corrected chi connectivity index (χ0v) is 15.8. The molecular formula is C20H43NO. The summed E-state index contributed by atoms with van der Waals surface area (Å²) in [6.07, 6.45) is 16.9. The minimum absolute atomic E-state index is 0.344. The van der Waals surface area contributed by atoms with E-state index in [-0.39, 0.29) is 0 Å². The maximum atomic E-state index is 9.43. The van der Waals surface area contributed by atoms with E-state index in [1.54, 1.807) is 0 Å². The molecule has 0 aromatic heterocycles. The first-order chi connectivity index (χ1) is 10.8. The zero-order valence-electron chi connectivity index (χ0n) is 15.8. The first kappa shape index (κ1) is 21.9. The molecule has 0 rings (SSSR count). The molecule has 0 spiro atoms. The van der Waals surface area contributed by atoms with Gasteiger partial charge in [-0.2, -0.15) is 0 Å². The molecule has 0 saturated carbocycles. The lowest BCUT2D eigenvalue weighted by Gasteiger charge is -2.32. The van der Waals surface area contributed by atoms with Gasteiger partial charge in [0.2, 0.25) is 0 Å². The molecule has 1 N–H and O–H groups in total. The average Bonchev–Trinajstić information content (AvgIpc) is 2.53. The number of aliphatic hydroxyl groups excluding tert-OH is 1. The molecule has 0 bridgehead atoms. The number of hydrogen-bond acceptors (Lipinski definition) is 2. The largest absolute Gasteiger partial charge is 0.396 e. The molecule has 0 amide bonds. The fourth-order valence-corrected chi connectivity index (χ4v) is 3.25. The highest BCUT2D eigenvalue weighted by molar-refractivity contribution is 4.72. The van der Waals surface area contributed by atoms with Crippen molar-refractivity contribution in [3.05, 3.63) is 0 Å². The SMILES string of the molecule is CCCCCCN(CCCCCC)C(CCO)CCCCC. The van der Waals surface area contributed by atoms with Crippen LogP contribution in [0.2, 0.25) is 0 Å². The van der Waals surface area contributed by atoms with E-state index in [9.17, 15) is 5.11 Å². The Morgan fingerprint density at radius 3 is 1.59 bits per heavy atom. The topological polar surface area (TPSA) is 23.5 Å². The molecule has 2 heteroatoms. The Bertz CT molecular complexity index is 196. The molecular weight excluding hydrogens is 270 g/mol. The van der Waals surface area contributed by atoms with Crippen molar-refractivity contribution in [1.82, 2.24) is 4.90 Å². The molecule has 0 saturated heterocycles. The third-order valence-corrected chi connectivity index (χ3v) is 4.72. The van der Waals surface area contributed by atoms with Crippen LogP contribution in [-0.4, -0.2) is 35.7 Å². The van der Waals surface area contributed by atoms with Gasteiger partial charge in [0.05, 0.1) is 0 Å². The quantitative estimate of drug-likeness (QED) is 0.344. The monoisotopic (exact) mass is 313 g/mol. The second-order valence-corrected chi connectivity index (χ2v) is 6.82. The molecule has 134 valence electrons. The van der Waals surface area contributed by atoms with Crippen molar-refractivity contribution in [2.45, 2.75) is 110 Å². The minimum Gasteiger partial charge on any atom is -0.396 e. The first-order valence-corrected chi connectivity index (χ1v) is 10.1. The maximum absolute atomic E-state index is 9.43. The van der Waals surface area contributed by atoms with E-state index in [0.29, 0.717) is 12.6 Å². The van der Waals surface area contributed by atoms with Crippen LogP contribution in [0.15, 0.2) is 0 Å². The summed E-state index contributed by atoms with van der Waals surface area (Å²) in [5.74, 6) is 0. The van der Waals surface area contributed by atoms with Crippen LogP contribution in [0.4, 0.5) is 0 Å².